The maximum absolute atomic E-state index is 10.6. The van der Waals surface area contributed by atoms with E-state index in [1.807, 2.05) is 0 Å². The lowest BCUT2D eigenvalue weighted by Crippen LogP contribution is -2.19. The second kappa shape index (κ2) is 8.15. The molecule has 1 rings (SSSR count). The van der Waals surface area contributed by atoms with Crippen molar-refractivity contribution in [1.82, 2.24) is 4.90 Å². The fourth-order valence-electron chi connectivity index (χ4n) is 2.29. The van der Waals surface area contributed by atoms with Crippen LogP contribution in [0.1, 0.15) is 58.2 Å². The van der Waals surface area contributed by atoms with Crippen LogP contribution in [0.5, 0.6) is 5.75 Å². The van der Waals surface area contributed by atoms with E-state index in [1.54, 1.807) is 0 Å². The molecule has 6 heteroatoms. The van der Waals surface area contributed by atoms with E-state index in [-0.39, 0.29) is 10.8 Å². The van der Waals surface area contributed by atoms with E-state index in [2.05, 4.69) is 72.7 Å². The van der Waals surface area contributed by atoms with Gasteiger partial charge in [0.2, 0.25) is 0 Å². The highest BCUT2D eigenvalue weighted by atomic mass is 16.5. The summed E-state index contributed by atoms with van der Waals surface area (Å²) in [6.45, 7) is 13.8. The third kappa shape index (κ3) is 7.84. The van der Waals surface area contributed by atoms with Gasteiger partial charge in [-0.3, -0.25) is 0 Å². The number of hydrogen-bond acceptors (Lipinski definition) is 5. The smallest absolute Gasteiger partial charge is 0.507 e. The molecular weight excluding hydrogens is 293 g/mol. The molecule has 0 aliphatic carbocycles. The van der Waals surface area contributed by atoms with Gasteiger partial charge in [-0.2, -0.15) is 0 Å². The fourth-order valence-corrected chi connectivity index (χ4v) is 2.29. The Bertz CT molecular complexity index is 465. The van der Waals surface area contributed by atoms with Crippen LogP contribution < -0.4 is 0 Å². The van der Waals surface area contributed by atoms with Crippen molar-refractivity contribution in [2.24, 2.45) is 0 Å². The summed E-state index contributed by atoms with van der Waals surface area (Å²) in [6, 6.07) is 4.29. The molecule has 4 N–H and O–H groups in total. The number of phenolic OH excluding ortho intramolecular Hbond substituents is 1. The normalized spacial score (nSPS) is 12.0. The van der Waals surface area contributed by atoms with Gasteiger partial charge < -0.3 is 25.1 Å². The third-order valence-corrected chi connectivity index (χ3v) is 3.28. The van der Waals surface area contributed by atoms with Crippen molar-refractivity contribution in [3.63, 3.8) is 0 Å². The van der Waals surface area contributed by atoms with Gasteiger partial charge in [0.05, 0.1) is 0 Å². The Morgan fingerprint density at radius 1 is 0.870 bits per heavy atom. The van der Waals surface area contributed by atoms with Crippen molar-refractivity contribution in [3.8, 4) is 5.75 Å². The largest absolute Gasteiger partial charge is 0.631 e. The molecule has 0 atom stereocenters. The van der Waals surface area contributed by atoms with Gasteiger partial charge in [0.25, 0.3) is 0 Å². The molecule has 0 bridgehead atoms. The average Bonchev–Trinajstić information content (AvgIpc) is 2.26. The molecule has 0 unspecified atom stereocenters. The van der Waals surface area contributed by atoms with Crippen molar-refractivity contribution in [2.75, 3.05) is 14.1 Å². The second-order valence-electron chi connectivity index (χ2n) is 8.12. The Balaban J connectivity index is 0.00000108. The highest BCUT2D eigenvalue weighted by molar-refractivity contribution is 6.30. The summed E-state index contributed by atoms with van der Waals surface area (Å²) in [5.41, 5.74) is 3.24. The molecule has 23 heavy (non-hydrogen) atoms. The minimum Gasteiger partial charge on any atom is -0.507 e. The summed E-state index contributed by atoms with van der Waals surface area (Å²) in [6.07, 6.45) is 0. The van der Waals surface area contributed by atoms with Gasteiger partial charge in [-0.1, -0.05) is 53.7 Å². The van der Waals surface area contributed by atoms with E-state index in [1.165, 1.54) is 5.56 Å². The van der Waals surface area contributed by atoms with Crippen LogP contribution in [0.2, 0.25) is 0 Å². The molecule has 0 heterocycles. The lowest BCUT2D eigenvalue weighted by atomic mass is 9.78. The number of phenols is 1. The van der Waals surface area contributed by atoms with Gasteiger partial charge in [-0.15, -0.1) is 0 Å². The summed E-state index contributed by atoms with van der Waals surface area (Å²) in [5.74, 6) is 0.461. The molecule has 0 radical (unpaired) electrons. The first-order chi connectivity index (χ1) is 10.2. The Hall–Kier alpha value is -1.08. The van der Waals surface area contributed by atoms with Gasteiger partial charge in [-0.25, -0.2) is 0 Å². The zero-order chi connectivity index (χ0) is 18.6. The summed E-state index contributed by atoms with van der Waals surface area (Å²) in [4.78, 5) is 2.16. The van der Waals surface area contributed by atoms with Crippen LogP contribution in [0.15, 0.2) is 12.1 Å². The number of aromatic hydroxyl groups is 1. The molecule has 0 aliphatic heterocycles. The maximum atomic E-state index is 10.6. The molecule has 0 aromatic heterocycles. The SMILES string of the molecule is CN(C)Cc1cc(C(C)(C)C)c(O)c(C(C)(C)C)c1.OB(O)O. The van der Waals surface area contributed by atoms with Crippen molar-refractivity contribution in [3.05, 3.63) is 28.8 Å². The first-order valence-corrected chi connectivity index (χ1v) is 7.72. The second-order valence-corrected chi connectivity index (χ2v) is 8.12. The Labute approximate surface area is 140 Å². The quantitative estimate of drug-likeness (QED) is 0.625. The van der Waals surface area contributed by atoms with Crippen LogP contribution in [0, 0.1) is 0 Å². The Morgan fingerprint density at radius 2 is 1.17 bits per heavy atom. The summed E-state index contributed by atoms with van der Waals surface area (Å²) < 4.78 is 0. The highest BCUT2D eigenvalue weighted by Gasteiger charge is 2.26. The number of benzene rings is 1. The van der Waals surface area contributed by atoms with Crippen molar-refractivity contribution in [1.29, 1.82) is 0 Å². The van der Waals surface area contributed by atoms with E-state index < -0.39 is 7.32 Å². The molecule has 5 nitrogen and oxygen atoms in total. The average molecular weight is 325 g/mol. The maximum Gasteiger partial charge on any atom is 0.631 e. The first-order valence-electron chi connectivity index (χ1n) is 7.72. The van der Waals surface area contributed by atoms with Crippen LogP contribution in [0.4, 0.5) is 0 Å². The summed E-state index contributed by atoms with van der Waals surface area (Å²) in [7, 11) is 1.97. The predicted molar refractivity (Wildman–Crippen MR) is 95.3 cm³/mol. The molecule has 1 aromatic rings. The Morgan fingerprint density at radius 3 is 1.39 bits per heavy atom. The molecule has 0 saturated carbocycles. The molecule has 0 amide bonds. The Kier molecular flexibility index (Phi) is 7.77. The fraction of sp³-hybridized carbons (Fsp3) is 0.647. The molecule has 1 aromatic carbocycles. The van der Waals surface area contributed by atoms with Gasteiger partial charge in [0, 0.05) is 6.54 Å². The van der Waals surface area contributed by atoms with Crippen LogP contribution in [-0.2, 0) is 17.4 Å². The minimum absolute atomic E-state index is 0.0492. The lowest BCUT2D eigenvalue weighted by Gasteiger charge is -2.28. The zero-order valence-corrected chi connectivity index (χ0v) is 15.7. The summed E-state index contributed by atoms with van der Waals surface area (Å²) >= 11 is 0. The van der Waals surface area contributed by atoms with Gasteiger partial charge in [-0.05, 0) is 41.6 Å². The minimum atomic E-state index is -2.17. The van der Waals surface area contributed by atoms with E-state index in [4.69, 9.17) is 15.1 Å². The molecule has 0 saturated heterocycles. The van der Waals surface area contributed by atoms with Crippen LogP contribution in [-0.4, -0.2) is 46.5 Å². The van der Waals surface area contributed by atoms with Crippen LogP contribution in [0.25, 0.3) is 0 Å². The highest BCUT2D eigenvalue weighted by Crippen LogP contribution is 2.39. The molecule has 0 aliphatic rings. The van der Waals surface area contributed by atoms with Crippen LogP contribution >= 0.6 is 0 Å². The van der Waals surface area contributed by atoms with Gasteiger partial charge in [0.15, 0.2) is 0 Å². The van der Waals surface area contributed by atoms with E-state index in [0.717, 1.165) is 17.7 Å². The van der Waals surface area contributed by atoms with E-state index in [9.17, 15) is 5.11 Å². The topological polar surface area (TPSA) is 84.2 Å². The van der Waals surface area contributed by atoms with Gasteiger partial charge >= 0.3 is 7.32 Å². The standard InChI is InChI=1S/C17H29NO.BH3O3/c1-16(2,3)13-9-12(11-18(7)8)10-14(15(13)19)17(4,5)6;2-1(3)4/h9-10,19H,11H2,1-8H3;2-4H. The molecular formula is C17H32BNO4. The lowest BCUT2D eigenvalue weighted by molar-refractivity contribution is 0.278. The molecule has 0 spiro atoms. The summed E-state index contributed by atoms with van der Waals surface area (Å²) in [5, 5.41) is 32.1. The van der Waals surface area contributed by atoms with Crippen molar-refractivity contribution >= 4 is 7.32 Å². The van der Waals surface area contributed by atoms with Crippen molar-refractivity contribution in [2.45, 2.75) is 58.9 Å². The molecule has 0 fully saturated rings. The van der Waals surface area contributed by atoms with Gasteiger partial charge in [0.1, 0.15) is 5.75 Å². The van der Waals surface area contributed by atoms with Crippen molar-refractivity contribution < 1.29 is 20.2 Å². The van der Waals surface area contributed by atoms with E-state index in [0.29, 0.717) is 5.75 Å². The number of rotatable bonds is 2. The monoisotopic (exact) mass is 325 g/mol. The number of hydrogen-bond donors (Lipinski definition) is 4. The zero-order valence-electron chi connectivity index (χ0n) is 15.7. The molecule has 132 valence electrons. The van der Waals surface area contributed by atoms with E-state index >= 15 is 0 Å². The first kappa shape index (κ1) is 21.9. The van der Waals surface area contributed by atoms with Crippen LogP contribution in [0.3, 0.4) is 0 Å². The predicted octanol–water partition coefficient (Wildman–Crippen LogP) is 2.00. The number of nitrogens with zero attached hydrogens (tertiary/aromatic N) is 1. The third-order valence-electron chi connectivity index (χ3n) is 3.28.